The molecule has 3 atom stereocenters. The van der Waals surface area contributed by atoms with Gasteiger partial charge < -0.3 is 4.90 Å². The zero-order valence-corrected chi connectivity index (χ0v) is 18.3. The van der Waals surface area contributed by atoms with E-state index in [0.29, 0.717) is 17.5 Å². The Morgan fingerprint density at radius 3 is 1.46 bits per heavy atom. The number of nitrogens with zero attached hydrogens (tertiary/aromatic N) is 1. The first-order valence-electron chi connectivity index (χ1n) is 10.5. The minimum Gasteiger partial charge on any atom is -0.303 e. The van der Waals surface area contributed by atoms with E-state index in [-0.39, 0.29) is 0 Å². The van der Waals surface area contributed by atoms with Gasteiger partial charge in [0.25, 0.3) is 0 Å². The van der Waals surface area contributed by atoms with Crippen molar-refractivity contribution in [2.45, 2.75) is 31.9 Å². The molecule has 0 radical (unpaired) electrons. The monoisotopic (exact) mass is 385 g/mol. The summed E-state index contributed by atoms with van der Waals surface area (Å²) in [6.45, 7) is 6.05. The average Bonchev–Trinajstić information content (AvgIpc) is 2.75. The van der Waals surface area contributed by atoms with E-state index < -0.39 is 8.07 Å². The van der Waals surface area contributed by atoms with Gasteiger partial charge in [-0.2, -0.15) is 0 Å². The highest BCUT2D eigenvalue weighted by molar-refractivity contribution is 7.12. The van der Waals surface area contributed by atoms with Crippen LogP contribution < -0.4 is 15.6 Å². The van der Waals surface area contributed by atoms with Crippen LogP contribution in [0.15, 0.2) is 91.0 Å². The molecular weight excluding hydrogens is 354 g/mol. The molecule has 3 aromatic rings. The van der Waals surface area contributed by atoms with Gasteiger partial charge in [0.2, 0.25) is 0 Å². The fourth-order valence-corrected chi connectivity index (χ4v) is 11.5. The first kappa shape index (κ1) is 19.2. The Morgan fingerprint density at radius 2 is 1.07 bits per heavy atom. The van der Waals surface area contributed by atoms with Crippen molar-refractivity contribution < 1.29 is 0 Å². The Morgan fingerprint density at radius 1 is 0.679 bits per heavy atom. The summed E-state index contributed by atoms with van der Waals surface area (Å²) >= 11 is 0. The van der Waals surface area contributed by atoms with E-state index >= 15 is 0 Å². The summed E-state index contributed by atoms with van der Waals surface area (Å²) in [7, 11) is 0.102. The van der Waals surface area contributed by atoms with Crippen LogP contribution in [0.3, 0.4) is 0 Å². The van der Waals surface area contributed by atoms with Gasteiger partial charge in [-0.05, 0) is 47.4 Å². The second-order valence-electron chi connectivity index (χ2n) is 8.51. The first-order chi connectivity index (χ1) is 13.6. The van der Waals surface area contributed by atoms with Crippen LogP contribution in [0.25, 0.3) is 0 Å². The summed E-state index contributed by atoms with van der Waals surface area (Å²) < 4.78 is 0. The van der Waals surface area contributed by atoms with Crippen LogP contribution in [0.4, 0.5) is 0 Å². The third-order valence-corrected chi connectivity index (χ3v) is 12.5. The maximum Gasteiger partial charge on any atom is 0.151 e. The molecule has 1 aliphatic heterocycles. The minimum absolute atomic E-state index is 0.615. The Kier molecular flexibility index (Phi) is 5.52. The number of rotatable bonds is 4. The number of likely N-dealkylation sites (tertiary alicyclic amines) is 1. The lowest BCUT2D eigenvalue weighted by atomic mass is 9.95. The highest BCUT2D eigenvalue weighted by atomic mass is 28.3. The molecule has 0 aliphatic carbocycles. The van der Waals surface area contributed by atoms with Gasteiger partial charge in [0.1, 0.15) is 0 Å². The summed E-state index contributed by atoms with van der Waals surface area (Å²) in [6, 6.07) is 34.8. The maximum absolute atomic E-state index is 2.54. The highest BCUT2D eigenvalue weighted by Gasteiger charge is 2.50. The van der Waals surface area contributed by atoms with Gasteiger partial charge >= 0.3 is 0 Å². The van der Waals surface area contributed by atoms with Gasteiger partial charge in [-0.15, -0.1) is 0 Å². The van der Waals surface area contributed by atoms with Crippen molar-refractivity contribution in [3.05, 3.63) is 91.0 Å². The van der Waals surface area contributed by atoms with E-state index in [1.165, 1.54) is 13.0 Å². The molecule has 0 aromatic heterocycles. The van der Waals surface area contributed by atoms with Gasteiger partial charge in [-0.1, -0.05) is 97.9 Å². The molecule has 2 heteroatoms. The molecule has 0 saturated carbocycles. The summed E-state index contributed by atoms with van der Waals surface area (Å²) in [5.41, 5.74) is 0.672. The molecule has 28 heavy (non-hydrogen) atoms. The largest absolute Gasteiger partial charge is 0.303 e. The van der Waals surface area contributed by atoms with Crippen molar-refractivity contribution in [3.8, 4) is 0 Å². The van der Waals surface area contributed by atoms with Crippen LogP contribution in [0, 0.1) is 5.92 Å². The normalized spacial score (nSPS) is 23.5. The van der Waals surface area contributed by atoms with Gasteiger partial charge in [0, 0.05) is 12.6 Å². The molecule has 0 amide bonds. The maximum atomic E-state index is 2.54. The smallest absolute Gasteiger partial charge is 0.151 e. The van der Waals surface area contributed by atoms with Gasteiger partial charge in [0.05, 0.1) is 0 Å². The summed E-state index contributed by atoms with van der Waals surface area (Å²) in [4.78, 5) is 2.54. The van der Waals surface area contributed by atoms with Gasteiger partial charge in [-0.3, -0.25) is 0 Å². The molecule has 1 aliphatic rings. The molecule has 1 heterocycles. The van der Waals surface area contributed by atoms with Crippen molar-refractivity contribution in [1.29, 1.82) is 0 Å². The van der Waals surface area contributed by atoms with Crippen LogP contribution >= 0.6 is 0 Å². The molecule has 1 saturated heterocycles. The van der Waals surface area contributed by atoms with E-state index in [1.807, 2.05) is 0 Å². The lowest BCUT2D eigenvalue weighted by molar-refractivity contribution is 0.156. The van der Waals surface area contributed by atoms with Crippen LogP contribution in [-0.2, 0) is 0 Å². The molecule has 3 unspecified atom stereocenters. The zero-order valence-electron chi connectivity index (χ0n) is 17.3. The molecule has 3 aromatic carbocycles. The second-order valence-corrected chi connectivity index (χ2v) is 12.6. The third-order valence-electron chi connectivity index (χ3n) is 6.85. The van der Waals surface area contributed by atoms with E-state index in [2.05, 4.69) is 117 Å². The Hall–Kier alpha value is -2.16. The fourth-order valence-electron chi connectivity index (χ4n) is 5.39. The molecule has 1 fully saturated rings. The lowest BCUT2D eigenvalue weighted by Crippen LogP contribution is -2.72. The standard InChI is InChI=1S/C26H31NSi/c1-21-20-27(3)22(2)19-26(21)28(23-13-7-4-8-14-23,24-15-9-5-10-16-24)25-17-11-6-12-18-25/h4-18,21-22,26H,19-20H2,1-3H3. The molecule has 1 nitrogen and oxygen atoms in total. The third kappa shape index (κ3) is 3.25. The van der Waals surface area contributed by atoms with Crippen molar-refractivity contribution >= 4 is 23.6 Å². The molecular formula is C26H31NSi. The molecule has 0 bridgehead atoms. The summed E-state index contributed by atoms with van der Waals surface area (Å²) in [5, 5.41) is 4.63. The number of benzene rings is 3. The van der Waals surface area contributed by atoms with Crippen molar-refractivity contribution in [1.82, 2.24) is 4.90 Å². The summed E-state index contributed by atoms with van der Waals surface area (Å²) in [5.74, 6) is 0.661. The molecule has 4 rings (SSSR count). The number of piperidine rings is 1. The van der Waals surface area contributed by atoms with Crippen LogP contribution in [0.2, 0.25) is 5.54 Å². The second kappa shape index (κ2) is 8.06. The Balaban J connectivity index is 2.02. The quantitative estimate of drug-likeness (QED) is 0.486. The average molecular weight is 386 g/mol. The predicted octanol–water partition coefficient (Wildman–Crippen LogP) is 3.89. The van der Waals surface area contributed by atoms with Crippen LogP contribution in [0.5, 0.6) is 0 Å². The fraction of sp³-hybridized carbons (Fsp3) is 0.308. The SMILES string of the molecule is CC1CN(C)C(C)CC1[Si](c1ccccc1)(c1ccccc1)c1ccccc1. The lowest BCUT2D eigenvalue weighted by Gasteiger charge is -2.49. The molecule has 0 N–H and O–H groups in total. The molecule has 0 spiro atoms. The number of hydrogen-bond donors (Lipinski definition) is 0. The van der Waals surface area contributed by atoms with E-state index in [0.717, 1.165) is 0 Å². The van der Waals surface area contributed by atoms with E-state index in [1.54, 1.807) is 15.6 Å². The zero-order chi connectivity index (χ0) is 19.6. The van der Waals surface area contributed by atoms with Crippen LogP contribution in [0.1, 0.15) is 20.3 Å². The van der Waals surface area contributed by atoms with Crippen molar-refractivity contribution in [2.75, 3.05) is 13.6 Å². The van der Waals surface area contributed by atoms with Gasteiger partial charge in [-0.25, -0.2) is 0 Å². The van der Waals surface area contributed by atoms with E-state index in [4.69, 9.17) is 0 Å². The van der Waals surface area contributed by atoms with Crippen LogP contribution in [-0.4, -0.2) is 32.6 Å². The Bertz CT molecular complexity index is 781. The van der Waals surface area contributed by atoms with Crippen molar-refractivity contribution in [2.24, 2.45) is 5.92 Å². The topological polar surface area (TPSA) is 3.24 Å². The Labute approximate surface area is 171 Å². The van der Waals surface area contributed by atoms with E-state index in [9.17, 15) is 0 Å². The van der Waals surface area contributed by atoms with Crippen molar-refractivity contribution in [3.63, 3.8) is 0 Å². The highest BCUT2D eigenvalue weighted by Crippen LogP contribution is 2.39. The molecule has 144 valence electrons. The predicted molar refractivity (Wildman–Crippen MR) is 124 cm³/mol. The number of hydrogen-bond acceptors (Lipinski definition) is 1. The minimum atomic E-state index is -2.18. The summed E-state index contributed by atoms with van der Waals surface area (Å²) in [6.07, 6.45) is 1.25. The first-order valence-corrected chi connectivity index (χ1v) is 12.6. The van der Waals surface area contributed by atoms with Gasteiger partial charge in [0.15, 0.2) is 8.07 Å².